The van der Waals surface area contributed by atoms with Crippen LogP contribution in [0, 0.1) is 6.92 Å². The third-order valence-electron chi connectivity index (χ3n) is 2.24. The molecular weight excluding hydrogens is 202 g/mol. The van der Waals surface area contributed by atoms with Crippen LogP contribution in [0.25, 0.3) is 0 Å². The van der Waals surface area contributed by atoms with Gasteiger partial charge in [-0.25, -0.2) is 0 Å². The molecule has 0 saturated carbocycles. The van der Waals surface area contributed by atoms with Crippen LogP contribution in [0.3, 0.4) is 0 Å². The number of amides is 1. The first kappa shape index (κ1) is 12.6. The monoisotopic (exact) mass is 221 g/mol. The van der Waals surface area contributed by atoms with Crippen molar-refractivity contribution >= 4 is 11.6 Å². The minimum Gasteiger partial charge on any atom is -0.325 e. The lowest BCUT2D eigenvalue weighted by Crippen LogP contribution is -2.30. The van der Waals surface area contributed by atoms with Crippen LogP contribution in [0.15, 0.2) is 18.3 Å². The van der Waals surface area contributed by atoms with Gasteiger partial charge in [0.15, 0.2) is 0 Å². The molecule has 0 spiro atoms. The summed E-state index contributed by atoms with van der Waals surface area (Å²) in [5.41, 5.74) is 1.69. The lowest BCUT2D eigenvalue weighted by atomic mass is 10.2. The van der Waals surface area contributed by atoms with Gasteiger partial charge in [-0.3, -0.25) is 9.78 Å². The fourth-order valence-corrected chi connectivity index (χ4v) is 1.45. The molecule has 1 rings (SSSR count). The number of carbonyl (C=O) groups is 1. The van der Waals surface area contributed by atoms with Crippen molar-refractivity contribution in [2.45, 2.75) is 33.2 Å². The quantitative estimate of drug-likeness (QED) is 0.796. The van der Waals surface area contributed by atoms with Crippen molar-refractivity contribution in [3.63, 3.8) is 0 Å². The van der Waals surface area contributed by atoms with Crippen LogP contribution >= 0.6 is 0 Å². The number of hydrogen-bond donors (Lipinski definition) is 2. The number of hydrogen-bond acceptors (Lipinski definition) is 3. The molecule has 16 heavy (non-hydrogen) atoms. The second-order valence-corrected chi connectivity index (χ2v) is 3.90. The summed E-state index contributed by atoms with van der Waals surface area (Å²) in [6, 6.07) is 3.94. The highest BCUT2D eigenvalue weighted by atomic mass is 16.1. The van der Waals surface area contributed by atoms with Gasteiger partial charge in [0.25, 0.3) is 0 Å². The lowest BCUT2D eigenvalue weighted by molar-refractivity contribution is -0.116. The number of carbonyl (C=O) groups excluding carboxylic acids is 1. The second kappa shape index (κ2) is 6.23. The van der Waals surface area contributed by atoms with Crippen molar-refractivity contribution in [1.82, 2.24) is 10.3 Å². The summed E-state index contributed by atoms with van der Waals surface area (Å²) in [4.78, 5) is 15.7. The average Bonchev–Trinajstić information content (AvgIpc) is 2.21. The van der Waals surface area contributed by atoms with E-state index in [0.717, 1.165) is 17.9 Å². The fraction of sp³-hybridized carbons (Fsp3) is 0.500. The molecule has 0 bridgehead atoms. The Balaban J connectivity index is 2.42. The van der Waals surface area contributed by atoms with E-state index in [0.29, 0.717) is 6.42 Å². The number of anilines is 1. The fourth-order valence-electron chi connectivity index (χ4n) is 1.45. The number of nitrogens with one attached hydrogen (secondary N) is 2. The smallest absolute Gasteiger partial charge is 0.225 e. The van der Waals surface area contributed by atoms with Crippen molar-refractivity contribution in [3.05, 3.63) is 24.0 Å². The van der Waals surface area contributed by atoms with E-state index in [1.807, 2.05) is 32.9 Å². The summed E-state index contributed by atoms with van der Waals surface area (Å²) in [6.45, 7) is 6.81. The molecule has 2 N–H and O–H groups in total. The number of rotatable bonds is 5. The molecule has 0 aliphatic carbocycles. The molecule has 1 aromatic rings. The van der Waals surface area contributed by atoms with Gasteiger partial charge >= 0.3 is 0 Å². The van der Waals surface area contributed by atoms with Crippen molar-refractivity contribution < 1.29 is 4.79 Å². The van der Waals surface area contributed by atoms with E-state index >= 15 is 0 Å². The highest BCUT2D eigenvalue weighted by Gasteiger charge is 2.07. The summed E-state index contributed by atoms with van der Waals surface area (Å²) in [5, 5.41) is 6.01. The van der Waals surface area contributed by atoms with Crippen molar-refractivity contribution in [1.29, 1.82) is 0 Å². The number of aromatic nitrogens is 1. The molecule has 0 radical (unpaired) electrons. The minimum absolute atomic E-state index is 0.0131. The summed E-state index contributed by atoms with van der Waals surface area (Å²) in [7, 11) is 0. The van der Waals surface area contributed by atoms with E-state index in [-0.39, 0.29) is 11.9 Å². The zero-order valence-corrected chi connectivity index (χ0v) is 10.1. The van der Waals surface area contributed by atoms with Crippen molar-refractivity contribution in [2.75, 3.05) is 11.9 Å². The Hall–Kier alpha value is -1.42. The van der Waals surface area contributed by atoms with E-state index in [2.05, 4.69) is 15.6 Å². The maximum Gasteiger partial charge on any atom is 0.225 e. The third kappa shape index (κ3) is 4.40. The Morgan fingerprint density at radius 1 is 1.50 bits per heavy atom. The standard InChI is InChI=1S/C12H19N3O/c1-4-13-10(3)7-12(16)15-11-6-5-9(2)14-8-11/h5-6,8,10,13H,4,7H2,1-3H3,(H,15,16). The maximum atomic E-state index is 11.6. The third-order valence-corrected chi connectivity index (χ3v) is 2.24. The van der Waals surface area contributed by atoms with Gasteiger partial charge in [-0.2, -0.15) is 0 Å². The normalized spacial score (nSPS) is 12.2. The molecule has 88 valence electrons. The Kier molecular flexibility index (Phi) is 4.92. The Bertz CT molecular complexity index is 335. The lowest BCUT2D eigenvalue weighted by Gasteiger charge is -2.11. The Morgan fingerprint density at radius 3 is 2.81 bits per heavy atom. The Morgan fingerprint density at radius 2 is 2.25 bits per heavy atom. The van der Waals surface area contributed by atoms with Gasteiger partial charge in [-0.15, -0.1) is 0 Å². The van der Waals surface area contributed by atoms with Crippen molar-refractivity contribution in [3.8, 4) is 0 Å². The molecule has 0 fully saturated rings. The van der Waals surface area contributed by atoms with Gasteiger partial charge in [0.05, 0.1) is 11.9 Å². The predicted octanol–water partition coefficient (Wildman–Crippen LogP) is 1.72. The topological polar surface area (TPSA) is 54.0 Å². The predicted molar refractivity (Wildman–Crippen MR) is 65.4 cm³/mol. The average molecular weight is 221 g/mol. The summed E-state index contributed by atoms with van der Waals surface area (Å²) in [6.07, 6.45) is 2.15. The molecule has 4 nitrogen and oxygen atoms in total. The van der Waals surface area contributed by atoms with Crippen LogP contribution in [0.4, 0.5) is 5.69 Å². The van der Waals surface area contributed by atoms with E-state index in [1.54, 1.807) is 6.20 Å². The second-order valence-electron chi connectivity index (χ2n) is 3.90. The van der Waals surface area contributed by atoms with Gasteiger partial charge in [-0.05, 0) is 32.5 Å². The minimum atomic E-state index is 0.0131. The summed E-state index contributed by atoms with van der Waals surface area (Å²) >= 11 is 0. The van der Waals surface area contributed by atoms with E-state index < -0.39 is 0 Å². The molecule has 1 unspecified atom stereocenters. The molecule has 0 aromatic carbocycles. The molecule has 0 aliphatic heterocycles. The first-order chi connectivity index (χ1) is 7.61. The highest BCUT2D eigenvalue weighted by molar-refractivity contribution is 5.90. The largest absolute Gasteiger partial charge is 0.325 e. The van der Waals surface area contributed by atoms with Gasteiger partial charge in [0.2, 0.25) is 5.91 Å². The van der Waals surface area contributed by atoms with Crippen LogP contribution < -0.4 is 10.6 Å². The van der Waals surface area contributed by atoms with Crippen LogP contribution in [0.5, 0.6) is 0 Å². The summed E-state index contributed by atoms with van der Waals surface area (Å²) in [5.74, 6) is 0.0131. The van der Waals surface area contributed by atoms with Crippen LogP contribution in [-0.2, 0) is 4.79 Å². The first-order valence-electron chi connectivity index (χ1n) is 5.57. The number of pyridine rings is 1. The molecular formula is C12H19N3O. The molecule has 1 heterocycles. The summed E-state index contributed by atoms with van der Waals surface area (Å²) < 4.78 is 0. The number of aryl methyl sites for hydroxylation is 1. The molecule has 0 saturated heterocycles. The zero-order chi connectivity index (χ0) is 12.0. The zero-order valence-electron chi connectivity index (χ0n) is 10.1. The van der Waals surface area contributed by atoms with Gasteiger partial charge in [0.1, 0.15) is 0 Å². The molecule has 1 amide bonds. The molecule has 1 atom stereocenters. The van der Waals surface area contributed by atoms with Crippen LogP contribution in [-0.4, -0.2) is 23.5 Å². The van der Waals surface area contributed by atoms with Gasteiger partial charge in [0, 0.05) is 18.2 Å². The first-order valence-corrected chi connectivity index (χ1v) is 5.57. The molecule has 1 aromatic heterocycles. The maximum absolute atomic E-state index is 11.6. The van der Waals surface area contributed by atoms with Crippen LogP contribution in [0.2, 0.25) is 0 Å². The van der Waals surface area contributed by atoms with E-state index in [4.69, 9.17) is 0 Å². The highest BCUT2D eigenvalue weighted by Crippen LogP contribution is 2.06. The molecule has 4 heteroatoms. The van der Waals surface area contributed by atoms with Gasteiger partial charge in [-0.1, -0.05) is 6.92 Å². The van der Waals surface area contributed by atoms with E-state index in [9.17, 15) is 4.79 Å². The molecule has 0 aliphatic rings. The Labute approximate surface area is 96.5 Å². The van der Waals surface area contributed by atoms with E-state index in [1.165, 1.54) is 0 Å². The number of nitrogens with zero attached hydrogens (tertiary/aromatic N) is 1. The van der Waals surface area contributed by atoms with Gasteiger partial charge < -0.3 is 10.6 Å². The van der Waals surface area contributed by atoms with Crippen LogP contribution in [0.1, 0.15) is 26.0 Å². The van der Waals surface area contributed by atoms with Crippen molar-refractivity contribution in [2.24, 2.45) is 0 Å². The SMILES string of the molecule is CCNC(C)CC(=O)Nc1ccc(C)nc1.